The van der Waals surface area contributed by atoms with Crippen LogP contribution in [0.1, 0.15) is 38.3 Å². The first kappa shape index (κ1) is 20.2. The van der Waals surface area contributed by atoms with Gasteiger partial charge in [0.2, 0.25) is 5.91 Å². The zero-order valence-corrected chi connectivity index (χ0v) is 16.1. The second-order valence-corrected chi connectivity index (χ2v) is 7.31. The van der Waals surface area contributed by atoms with Gasteiger partial charge in [-0.25, -0.2) is 4.79 Å². The Morgan fingerprint density at radius 1 is 1.08 bits per heavy atom. The van der Waals surface area contributed by atoms with E-state index in [1.807, 2.05) is 12.1 Å². The molecule has 0 aliphatic carbocycles. The highest BCUT2D eigenvalue weighted by molar-refractivity contribution is 5.82. The van der Waals surface area contributed by atoms with Gasteiger partial charge in [0.15, 0.2) is 0 Å². The van der Waals surface area contributed by atoms with Gasteiger partial charge in [0.1, 0.15) is 6.54 Å². The van der Waals surface area contributed by atoms with Gasteiger partial charge in [-0.3, -0.25) is 9.69 Å². The summed E-state index contributed by atoms with van der Waals surface area (Å²) in [4.78, 5) is 25.4. The van der Waals surface area contributed by atoms with Crippen molar-refractivity contribution in [3.8, 4) is 0 Å². The Kier molecular flexibility index (Phi) is 7.91. The maximum Gasteiger partial charge on any atom is 0.407 e. The van der Waals surface area contributed by atoms with Crippen LogP contribution in [0, 0.1) is 11.8 Å². The number of likely N-dealkylation sites (tertiary alicyclic amines) is 1. The minimum atomic E-state index is -0.576. The second-order valence-electron chi connectivity index (χ2n) is 7.31. The van der Waals surface area contributed by atoms with Crippen molar-refractivity contribution in [1.29, 1.82) is 0 Å². The Morgan fingerprint density at radius 2 is 1.69 bits per heavy atom. The predicted octanol–water partition coefficient (Wildman–Crippen LogP) is 2.53. The number of carbonyl (C=O) groups excluding carboxylic acids is 2. The van der Waals surface area contributed by atoms with E-state index in [0.29, 0.717) is 6.54 Å². The molecule has 1 heterocycles. The van der Waals surface area contributed by atoms with E-state index in [4.69, 9.17) is 4.74 Å². The molecule has 0 saturated carbocycles. The van der Waals surface area contributed by atoms with Gasteiger partial charge < -0.3 is 15.4 Å². The van der Waals surface area contributed by atoms with E-state index < -0.39 is 6.09 Å². The molecule has 1 aromatic carbocycles. The van der Waals surface area contributed by atoms with Crippen LogP contribution >= 0.6 is 0 Å². The van der Waals surface area contributed by atoms with Crippen molar-refractivity contribution in [1.82, 2.24) is 15.5 Å². The van der Waals surface area contributed by atoms with E-state index in [1.54, 1.807) is 6.92 Å². The Bertz CT molecular complexity index is 578. The number of piperidine rings is 1. The van der Waals surface area contributed by atoms with Crippen molar-refractivity contribution in [2.75, 3.05) is 26.2 Å². The molecule has 1 aliphatic rings. The fourth-order valence-electron chi connectivity index (χ4n) is 3.54. The molecule has 6 heteroatoms. The molecule has 6 nitrogen and oxygen atoms in total. The number of hydrogen-bond donors (Lipinski definition) is 2. The monoisotopic (exact) mass is 361 g/mol. The van der Waals surface area contributed by atoms with Crippen molar-refractivity contribution in [2.45, 2.75) is 40.3 Å². The van der Waals surface area contributed by atoms with Gasteiger partial charge in [-0.05, 0) is 36.3 Å². The van der Waals surface area contributed by atoms with Crippen molar-refractivity contribution in [3.63, 3.8) is 0 Å². The molecule has 0 radical (unpaired) electrons. The van der Waals surface area contributed by atoms with Crippen LogP contribution in [0.3, 0.4) is 0 Å². The number of rotatable bonds is 7. The molecular weight excluding hydrogens is 330 g/mol. The number of carbonyl (C=O) groups is 2. The largest absolute Gasteiger partial charge is 0.450 e. The van der Waals surface area contributed by atoms with E-state index in [-0.39, 0.29) is 19.1 Å². The summed E-state index contributed by atoms with van der Waals surface area (Å²) in [5, 5.41) is 5.19. The average molecular weight is 361 g/mol. The van der Waals surface area contributed by atoms with Crippen LogP contribution in [0.4, 0.5) is 4.79 Å². The van der Waals surface area contributed by atoms with E-state index in [2.05, 4.69) is 41.5 Å². The van der Waals surface area contributed by atoms with Gasteiger partial charge in [-0.15, -0.1) is 0 Å². The van der Waals surface area contributed by atoms with Crippen LogP contribution < -0.4 is 10.6 Å². The molecule has 1 aliphatic heterocycles. The van der Waals surface area contributed by atoms with Gasteiger partial charge in [-0.2, -0.15) is 0 Å². The Morgan fingerprint density at radius 3 is 2.31 bits per heavy atom. The number of nitrogens with zero attached hydrogens (tertiary/aromatic N) is 1. The average Bonchev–Trinajstić information content (AvgIpc) is 2.59. The molecule has 1 fully saturated rings. The summed E-state index contributed by atoms with van der Waals surface area (Å²) in [5.74, 6) is 1.28. The first-order valence-electron chi connectivity index (χ1n) is 9.43. The second kappa shape index (κ2) is 10.2. The molecule has 0 unspecified atom stereocenters. The smallest absolute Gasteiger partial charge is 0.407 e. The van der Waals surface area contributed by atoms with Gasteiger partial charge in [0.05, 0.1) is 6.61 Å². The number of alkyl carbamates (subject to hydrolysis) is 1. The zero-order chi connectivity index (χ0) is 18.9. The number of ether oxygens (including phenoxy) is 1. The predicted molar refractivity (Wildman–Crippen MR) is 102 cm³/mol. The summed E-state index contributed by atoms with van der Waals surface area (Å²) in [6.45, 7) is 10.3. The maximum absolute atomic E-state index is 11.7. The van der Waals surface area contributed by atoms with Crippen LogP contribution in [-0.4, -0.2) is 43.1 Å². The maximum atomic E-state index is 11.7. The first-order valence-corrected chi connectivity index (χ1v) is 9.43. The van der Waals surface area contributed by atoms with Gasteiger partial charge in [0.25, 0.3) is 0 Å². The number of benzene rings is 1. The highest BCUT2D eigenvalue weighted by Gasteiger charge is 2.21. The zero-order valence-electron chi connectivity index (χ0n) is 16.1. The minimum absolute atomic E-state index is 0.0811. The van der Waals surface area contributed by atoms with E-state index in [0.717, 1.165) is 37.0 Å². The van der Waals surface area contributed by atoms with Crippen molar-refractivity contribution in [2.24, 2.45) is 11.8 Å². The standard InChI is InChI=1S/C20H31N3O3/c1-4-26-20(25)22-11-19(24)21-10-17-5-7-18(8-6-17)14-23-12-15(2)9-16(3)13-23/h5-8,15-16H,4,9-14H2,1-3H3,(H,21,24)(H,22,25)/t15-,16-/m1/s1. The Labute approximate surface area is 156 Å². The molecule has 0 bridgehead atoms. The lowest BCUT2D eigenvalue weighted by Gasteiger charge is -2.35. The lowest BCUT2D eigenvalue weighted by atomic mass is 9.91. The van der Waals surface area contributed by atoms with Crippen molar-refractivity contribution in [3.05, 3.63) is 35.4 Å². The van der Waals surface area contributed by atoms with E-state index in [9.17, 15) is 9.59 Å². The van der Waals surface area contributed by atoms with Crippen LogP contribution in [-0.2, 0) is 22.6 Å². The first-order chi connectivity index (χ1) is 12.5. The summed E-state index contributed by atoms with van der Waals surface area (Å²) in [6.07, 6.45) is 0.744. The van der Waals surface area contributed by atoms with E-state index in [1.165, 1.54) is 12.0 Å². The SMILES string of the molecule is CCOC(=O)NCC(=O)NCc1ccc(CN2C[C@H](C)C[C@@H](C)C2)cc1. The van der Waals surface area contributed by atoms with E-state index >= 15 is 0 Å². The van der Waals surface area contributed by atoms with Crippen LogP contribution in [0.2, 0.25) is 0 Å². The molecule has 2 atom stereocenters. The minimum Gasteiger partial charge on any atom is -0.450 e. The van der Waals surface area contributed by atoms with Gasteiger partial charge in [0, 0.05) is 26.2 Å². The van der Waals surface area contributed by atoms with Gasteiger partial charge in [-0.1, -0.05) is 38.1 Å². The quantitative estimate of drug-likeness (QED) is 0.783. The van der Waals surface area contributed by atoms with Crippen molar-refractivity contribution < 1.29 is 14.3 Å². The molecule has 0 spiro atoms. The third kappa shape index (κ3) is 7.04. The molecule has 1 saturated heterocycles. The molecule has 0 aromatic heterocycles. The highest BCUT2D eigenvalue weighted by Crippen LogP contribution is 2.22. The molecule has 1 aromatic rings. The summed E-state index contributed by atoms with van der Waals surface area (Å²) in [6, 6.07) is 8.35. The molecule has 2 rings (SSSR count). The fraction of sp³-hybridized carbons (Fsp3) is 0.600. The van der Waals surface area contributed by atoms with Crippen LogP contribution in [0.5, 0.6) is 0 Å². The third-order valence-electron chi connectivity index (χ3n) is 4.53. The molecule has 2 N–H and O–H groups in total. The lowest BCUT2D eigenvalue weighted by molar-refractivity contribution is -0.120. The number of nitrogens with one attached hydrogen (secondary N) is 2. The summed E-state index contributed by atoms with van der Waals surface area (Å²) in [5.41, 5.74) is 2.34. The summed E-state index contributed by atoms with van der Waals surface area (Å²) < 4.78 is 4.71. The topological polar surface area (TPSA) is 70.7 Å². The molecule has 26 heavy (non-hydrogen) atoms. The van der Waals surface area contributed by atoms with Crippen molar-refractivity contribution >= 4 is 12.0 Å². The third-order valence-corrected chi connectivity index (χ3v) is 4.53. The Hall–Kier alpha value is -2.08. The Balaban J connectivity index is 1.73. The van der Waals surface area contributed by atoms with Gasteiger partial charge >= 0.3 is 6.09 Å². The lowest BCUT2D eigenvalue weighted by Crippen LogP contribution is -2.38. The molecule has 144 valence electrons. The fourth-order valence-corrected chi connectivity index (χ4v) is 3.54. The molecular formula is C20H31N3O3. The normalized spacial score (nSPS) is 20.4. The molecule has 2 amide bonds. The number of amides is 2. The highest BCUT2D eigenvalue weighted by atomic mass is 16.5. The number of hydrogen-bond acceptors (Lipinski definition) is 4. The summed E-state index contributed by atoms with van der Waals surface area (Å²) in [7, 11) is 0. The summed E-state index contributed by atoms with van der Waals surface area (Å²) >= 11 is 0. The van der Waals surface area contributed by atoms with Crippen LogP contribution in [0.25, 0.3) is 0 Å². The van der Waals surface area contributed by atoms with Crippen LogP contribution in [0.15, 0.2) is 24.3 Å².